The normalized spacial score (nSPS) is 13.9. The van der Waals surface area contributed by atoms with Gasteiger partial charge in [-0.3, -0.25) is 14.2 Å². The van der Waals surface area contributed by atoms with Crippen LogP contribution in [-0.4, -0.2) is 37.9 Å². The predicted octanol–water partition coefficient (Wildman–Crippen LogP) is 7.70. The van der Waals surface area contributed by atoms with E-state index >= 15 is 0 Å². The van der Waals surface area contributed by atoms with Gasteiger partial charge >= 0.3 is 19.5 Å². The fourth-order valence-corrected chi connectivity index (χ4v) is 6.44. The highest BCUT2D eigenvalue weighted by Crippen LogP contribution is 2.45. The number of hydrogen-bond acceptors (Lipinski definition) is 7. The van der Waals surface area contributed by atoms with E-state index in [9.17, 15) is 19.0 Å². The lowest BCUT2D eigenvalue weighted by Gasteiger charge is -2.36. The van der Waals surface area contributed by atoms with Crippen molar-refractivity contribution in [1.82, 2.24) is 0 Å². The fourth-order valence-electron chi connectivity index (χ4n) is 4.04. The van der Waals surface area contributed by atoms with E-state index in [-0.39, 0.29) is 37.7 Å². The monoisotopic (exact) mass is 640 g/mol. The van der Waals surface area contributed by atoms with E-state index in [1.165, 1.54) is 0 Å². The van der Waals surface area contributed by atoms with E-state index in [0.29, 0.717) is 6.42 Å². The van der Waals surface area contributed by atoms with Crippen LogP contribution < -0.4 is 4.43 Å². The maximum Gasteiger partial charge on any atom is 0.328 e. The van der Waals surface area contributed by atoms with Crippen LogP contribution in [0.4, 0.5) is 0 Å². The quantitative estimate of drug-likeness (QED) is 0.0964. The van der Waals surface area contributed by atoms with Crippen molar-refractivity contribution >= 4 is 27.9 Å². The molecular formula is C34H45O8PSi. The lowest BCUT2D eigenvalue weighted by Crippen LogP contribution is -2.43. The van der Waals surface area contributed by atoms with Crippen LogP contribution in [0.15, 0.2) is 84.9 Å². The topological polar surface area (TPSA) is 108 Å². The molecule has 1 N–H and O–H groups in total. The van der Waals surface area contributed by atoms with E-state index in [0.717, 1.165) is 22.4 Å². The van der Waals surface area contributed by atoms with Gasteiger partial charge in [0.25, 0.3) is 0 Å². The van der Waals surface area contributed by atoms with Crippen LogP contribution in [0, 0.1) is 5.92 Å². The van der Waals surface area contributed by atoms with Crippen molar-refractivity contribution in [3.05, 3.63) is 102 Å². The third kappa shape index (κ3) is 12.0. The molecule has 0 fully saturated rings. The average molecular weight is 641 g/mol. The van der Waals surface area contributed by atoms with Crippen molar-refractivity contribution in [3.8, 4) is 5.75 Å². The molecule has 0 saturated heterocycles. The van der Waals surface area contributed by atoms with E-state index in [1.54, 1.807) is 0 Å². The summed E-state index contributed by atoms with van der Waals surface area (Å²) in [5.41, 5.74) is 2.55. The molecule has 0 bridgehead atoms. The first-order chi connectivity index (χ1) is 20.7. The Morgan fingerprint density at radius 3 is 1.91 bits per heavy atom. The van der Waals surface area contributed by atoms with Crippen LogP contribution in [-0.2, 0) is 47.8 Å². The van der Waals surface area contributed by atoms with Crippen molar-refractivity contribution in [2.45, 2.75) is 71.4 Å². The molecular weight excluding hydrogens is 595 g/mol. The Labute approximate surface area is 262 Å². The number of carbonyl (C=O) groups excluding carboxylic acids is 2. The molecule has 0 amide bonds. The molecule has 238 valence electrons. The van der Waals surface area contributed by atoms with E-state index in [1.807, 2.05) is 84.9 Å². The Bertz CT molecular complexity index is 1370. The van der Waals surface area contributed by atoms with Gasteiger partial charge in [0.15, 0.2) is 0 Å². The third-order valence-corrected chi connectivity index (χ3v) is 13.6. The third-order valence-electron chi connectivity index (χ3n) is 7.73. The molecule has 10 heteroatoms. The summed E-state index contributed by atoms with van der Waals surface area (Å²) in [7, 11) is -6.15. The molecule has 3 aromatic rings. The first kappa shape index (κ1) is 35.2. The molecule has 3 rings (SSSR count). The van der Waals surface area contributed by atoms with E-state index in [2.05, 4.69) is 33.9 Å². The molecule has 2 atom stereocenters. The summed E-state index contributed by atoms with van der Waals surface area (Å²) in [5, 5.41) is 0.0795. The number of rotatable bonds is 16. The molecule has 44 heavy (non-hydrogen) atoms. The Hall–Kier alpha value is -3.23. The number of benzene rings is 3. The van der Waals surface area contributed by atoms with Crippen molar-refractivity contribution in [3.63, 3.8) is 0 Å². The molecule has 0 heterocycles. The molecule has 0 aliphatic heterocycles. The highest BCUT2D eigenvalue weighted by atomic mass is 31.2. The largest absolute Gasteiger partial charge is 0.544 e. The van der Waals surface area contributed by atoms with Gasteiger partial charge in [-0.15, -0.1) is 0 Å². The maximum atomic E-state index is 13.0. The minimum Gasteiger partial charge on any atom is -0.544 e. The fraction of sp³-hybridized carbons (Fsp3) is 0.412. The Morgan fingerprint density at radius 2 is 1.36 bits per heavy atom. The van der Waals surface area contributed by atoms with Crippen molar-refractivity contribution < 1.29 is 37.5 Å². The summed E-state index contributed by atoms with van der Waals surface area (Å²) in [6, 6.07) is 26.0. The second-order valence-corrected chi connectivity index (χ2v) is 19.0. The first-order valence-electron chi connectivity index (χ1n) is 14.9. The Morgan fingerprint density at radius 1 is 0.818 bits per heavy atom. The van der Waals surface area contributed by atoms with Gasteiger partial charge in [0.05, 0.1) is 18.7 Å². The van der Waals surface area contributed by atoms with Crippen LogP contribution >= 0.6 is 7.60 Å². The molecule has 0 aliphatic rings. The zero-order valence-corrected chi connectivity index (χ0v) is 28.3. The Kier molecular flexibility index (Phi) is 13.0. The first-order valence-corrected chi connectivity index (χ1v) is 19.6. The van der Waals surface area contributed by atoms with Gasteiger partial charge in [-0.25, -0.2) is 0 Å². The number of ether oxygens (including phenoxy) is 2. The van der Waals surface area contributed by atoms with Crippen molar-refractivity contribution in [2.24, 2.45) is 5.92 Å². The second-order valence-electron chi connectivity index (χ2n) is 12.4. The van der Waals surface area contributed by atoms with Gasteiger partial charge in [0.2, 0.25) is 8.32 Å². The van der Waals surface area contributed by atoms with Gasteiger partial charge in [0, 0.05) is 6.42 Å². The lowest BCUT2D eigenvalue weighted by atomic mass is 10.1. The van der Waals surface area contributed by atoms with Gasteiger partial charge in [-0.2, -0.15) is 0 Å². The zero-order valence-electron chi connectivity index (χ0n) is 26.4. The minimum atomic E-state index is -4.19. The molecule has 3 aromatic carbocycles. The summed E-state index contributed by atoms with van der Waals surface area (Å²) >= 11 is 0. The maximum absolute atomic E-state index is 13.0. The van der Waals surface area contributed by atoms with Crippen LogP contribution in [0.5, 0.6) is 5.75 Å². The number of hydrogen-bond donors (Lipinski definition) is 1. The van der Waals surface area contributed by atoms with Crippen LogP contribution in [0.2, 0.25) is 18.1 Å². The zero-order chi connectivity index (χ0) is 32.2. The summed E-state index contributed by atoms with van der Waals surface area (Å²) in [4.78, 5) is 36.1. The van der Waals surface area contributed by atoms with Crippen LogP contribution in [0.25, 0.3) is 0 Å². The summed E-state index contributed by atoms with van der Waals surface area (Å²) in [6.07, 6.45) is -0.183. The van der Waals surface area contributed by atoms with E-state index in [4.69, 9.17) is 18.4 Å². The van der Waals surface area contributed by atoms with Crippen molar-refractivity contribution in [2.75, 3.05) is 12.8 Å². The van der Waals surface area contributed by atoms with Gasteiger partial charge in [-0.05, 0) is 59.8 Å². The highest BCUT2D eigenvalue weighted by molar-refractivity contribution is 7.52. The van der Waals surface area contributed by atoms with Gasteiger partial charge < -0.3 is 23.3 Å². The predicted molar refractivity (Wildman–Crippen MR) is 174 cm³/mol. The molecule has 0 saturated carbocycles. The summed E-state index contributed by atoms with van der Waals surface area (Å²) < 4.78 is 35.5. The minimum absolute atomic E-state index is 0.00908. The van der Waals surface area contributed by atoms with Gasteiger partial charge in [0.1, 0.15) is 19.0 Å². The summed E-state index contributed by atoms with van der Waals surface area (Å²) in [5.74, 6) is -1.40. The number of carbonyl (C=O) groups is 2. The molecule has 0 spiro atoms. The Balaban J connectivity index is 1.55. The molecule has 8 nitrogen and oxygen atoms in total. The van der Waals surface area contributed by atoms with Gasteiger partial charge in [-0.1, -0.05) is 93.6 Å². The smallest absolute Gasteiger partial charge is 0.328 e. The standard InChI is InChI=1S/C34H45O8PSi/c1-34(2,3)44(4,5)42-31-19-16-27(17-20-31)22-23-41-43(37,38)26-30(33(36)40-25-29-14-10-7-11-15-29)18-21-32(35)39-24-28-12-8-6-9-13-28/h6-17,19-20,30H,18,21-26H2,1-5H3,(H,37,38)/t30-/m1/s1. The summed E-state index contributed by atoms with van der Waals surface area (Å²) in [6.45, 7) is 11.0. The van der Waals surface area contributed by atoms with Crippen LogP contribution in [0.3, 0.4) is 0 Å². The number of esters is 2. The second kappa shape index (κ2) is 16.2. The molecule has 0 aromatic heterocycles. The van der Waals surface area contributed by atoms with E-state index < -0.39 is 39.9 Å². The van der Waals surface area contributed by atoms with Crippen LogP contribution in [0.1, 0.15) is 50.3 Å². The molecule has 0 aliphatic carbocycles. The highest BCUT2D eigenvalue weighted by Gasteiger charge is 2.39. The van der Waals surface area contributed by atoms with Crippen molar-refractivity contribution in [1.29, 1.82) is 0 Å². The lowest BCUT2D eigenvalue weighted by molar-refractivity contribution is -0.150. The average Bonchev–Trinajstić information content (AvgIpc) is 2.98. The SMILES string of the molecule is CC(C)(C)[Si](C)(C)Oc1ccc(CCOP(=O)(O)C[C@@H](CCC(=O)OCc2ccccc2)C(=O)OCc2ccccc2)cc1. The molecule has 1 unspecified atom stereocenters. The molecule has 0 radical (unpaired) electrons.